The van der Waals surface area contributed by atoms with Crippen LogP contribution in [-0.2, 0) is 11.3 Å². The van der Waals surface area contributed by atoms with Crippen molar-refractivity contribution >= 4 is 29.1 Å². The highest BCUT2D eigenvalue weighted by Gasteiger charge is 2.35. The van der Waals surface area contributed by atoms with Crippen molar-refractivity contribution in [3.8, 4) is 0 Å². The molecule has 1 heterocycles. The zero-order chi connectivity index (χ0) is 16.9. The molecule has 0 unspecified atom stereocenters. The Morgan fingerprint density at radius 3 is 2.58 bits per heavy atom. The maximum atomic E-state index is 12.4. The van der Waals surface area contributed by atoms with Gasteiger partial charge >= 0.3 is 0 Å². The number of nitrogens with zero attached hydrogens (tertiary/aromatic N) is 3. The number of rotatable bonds is 4. The lowest BCUT2D eigenvalue weighted by molar-refractivity contribution is -0.126. The Labute approximate surface area is 146 Å². The van der Waals surface area contributed by atoms with Gasteiger partial charge in [0, 0.05) is 0 Å². The first-order valence-electron chi connectivity index (χ1n) is 7.84. The first-order valence-corrected chi connectivity index (χ1v) is 8.72. The van der Waals surface area contributed by atoms with Crippen molar-refractivity contribution in [2.45, 2.75) is 25.6 Å². The summed E-state index contributed by atoms with van der Waals surface area (Å²) in [6.07, 6.45) is 1.70. The molecule has 0 bridgehead atoms. The van der Waals surface area contributed by atoms with Gasteiger partial charge in [0.05, 0.1) is 18.0 Å². The second-order valence-electron chi connectivity index (χ2n) is 5.65. The van der Waals surface area contributed by atoms with Crippen molar-refractivity contribution in [3.05, 3.63) is 71.3 Å². The van der Waals surface area contributed by atoms with Crippen LogP contribution in [0.3, 0.4) is 0 Å². The van der Waals surface area contributed by atoms with E-state index in [0.717, 1.165) is 11.1 Å². The van der Waals surface area contributed by atoms with Crippen LogP contribution in [0.25, 0.3) is 0 Å². The van der Waals surface area contributed by atoms with Crippen molar-refractivity contribution < 1.29 is 4.79 Å². The average molecular weight is 337 g/mol. The van der Waals surface area contributed by atoms with E-state index in [1.54, 1.807) is 11.1 Å². The largest absolute Gasteiger partial charge is 0.284 e. The minimum absolute atomic E-state index is 0.0805. The molecule has 0 spiro atoms. The molecule has 0 N–H and O–H groups in total. The van der Waals surface area contributed by atoms with Gasteiger partial charge in [0.25, 0.3) is 0 Å². The molecule has 4 nitrogen and oxygen atoms in total. The third-order valence-electron chi connectivity index (χ3n) is 3.87. The molecule has 2 aromatic carbocycles. The van der Waals surface area contributed by atoms with Gasteiger partial charge in [-0.1, -0.05) is 66.4 Å². The Balaban J connectivity index is 1.80. The summed E-state index contributed by atoms with van der Waals surface area (Å²) < 4.78 is 0. The second-order valence-corrected chi connectivity index (χ2v) is 6.96. The average Bonchev–Trinajstić information content (AvgIpc) is 2.85. The molecule has 1 aliphatic rings. The summed E-state index contributed by atoms with van der Waals surface area (Å²) in [6, 6.07) is 17.9. The van der Waals surface area contributed by atoms with Crippen LogP contribution in [0.4, 0.5) is 0 Å². The predicted octanol–water partition coefficient (Wildman–Crippen LogP) is 3.85. The monoisotopic (exact) mass is 337 g/mol. The highest BCUT2D eigenvalue weighted by atomic mass is 32.2. The molecule has 1 fully saturated rings. The zero-order valence-electron chi connectivity index (χ0n) is 13.7. The molecule has 24 heavy (non-hydrogen) atoms. The molecule has 5 heteroatoms. The molecule has 1 amide bonds. The maximum absolute atomic E-state index is 12.4. The van der Waals surface area contributed by atoms with Gasteiger partial charge in [0.1, 0.15) is 0 Å². The van der Waals surface area contributed by atoms with Crippen LogP contribution in [0.1, 0.15) is 23.6 Å². The zero-order valence-corrected chi connectivity index (χ0v) is 14.5. The highest BCUT2D eigenvalue weighted by molar-refractivity contribution is 8.15. The van der Waals surface area contributed by atoms with Crippen molar-refractivity contribution in [3.63, 3.8) is 0 Å². The lowest BCUT2D eigenvalue weighted by Crippen LogP contribution is -2.31. The van der Waals surface area contributed by atoms with E-state index >= 15 is 0 Å². The fraction of sp³-hybridized carbons (Fsp3) is 0.211. The molecule has 1 aliphatic heterocycles. The molecular weight excluding hydrogens is 318 g/mol. The van der Waals surface area contributed by atoms with Gasteiger partial charge in [0.2, 0.25) is 5.91 Å². The molecule has 1 atom stereocenters. The Bertz CT molecular complexity index is 786. The minimum Gasteiger partial charge on any atom is -0.284 e. The summed E-state index contributed by atoms with van der Waals surface area (Å²) >= 11 is 1.45. The Kier molecular flexibility index (Phi) is 5.11. The van der Waals surface area contributed by atoms with Gasteiger partial charge in [-0.25, -0.2) is 0 Å². The number of thioether (sulfide) groups is 1. The molecule has 0 saturated carbocycles. The maximum Gasteiger partial charge on any atom is 0.242 e. The van der Waals surface area contributed by atoms with Gasteiger partial charge < -0.3 is 0 Å². The van der Waals surface area contributed by atoms with E-state index in [9.17, 15) is 4.79 Å². The van der Waals surface area contributed by atoms with E-state index in [1.807, 2.05) is 55.5 Å². The van der Waals surface area contributed by atoms with Crippen LogP contribution in [0.15, 0.2) is 64.8 Å². The first kappa shape index (κ1) is 16.5. The molecule has 0 aromatic heterocycles. The van der Waals surface area contributed by atoms with Crippen LogP contribution in [-0.4, -0.2) is 27.4 Å². The van der Waals surface area contributed by atoms with Crippen LogP contribution in [0.2, 0.25) is 0 Å². The summed E-state index contributed by atoms with van der Waals surface area (Å²) in [5.41, 5.74) is 3.27. The number of carbonyl (C=O) groups excluding carboxylic acids is 1. The third kappa shape index (κ3) is 3.74. The van der Waals surface area contributed by atoms with Gasteiger partial charge in [-0.15, -0.1) is 5.10 Å². The molecular formula is C19H19N3OS. The number of aryl methyl sites for hydroxylation is 1. The van der Waals surface area contributed by atoms with E-state index in [-0.39, 0.29) is 11.2 Å². The Hall–Kier alpha value is -2.40. The van der Waals surface area contributed by atoms with Gasteiger partial charge in [-0.3, -0.25) is 9.69 Å². The Morgan fingerprint density at radius 2 is 1.83 bits per heavy atom. The number of amidine groups is 1. The molecule has 0 aliphatic carbocycles. The molecule has 0 radical (unpaired) electrons. The van der Waals surface area contributed by atoms with Crippen LogP contribution in [0.5, 0.6) is 0 Å². The molecule has 2 aromatic rings. The lowest BCUT2D eigenvalue weighted by atomic mass is 10.1. The SMILES string of the molecule is Cc1ccccc1CN1C(=O)[C@H](C)S/C1=N\N=C/c1ccccc1. The van der Waals surface area contributed by atoms with Gasteiger partial charge in [-0.2, -0.15) is 5.10 Å². The Morgan fingerprint density at radius 1 is 1.12 bits per heavy atom. The fourth-order valence-electron chi connectivity index (χ4n) is 2.45. The van der Waals surface area contributed by atoms with E-state index in [0.29, 0.717) is 11.7 Å². The van der Waals surface area contributed by atoms with Gasteiger partial charge in [-0.05, 0) is 30.5 Å². The van der Waals surface area contributed by atoms with E-state index in [2.05, 4.69) is 23.2 Å². The standard InChI is InChI=1S/C19H19N3OS/c1-14-8-6-7-11-17(14)13-22-18(23)15(2)24-19(22)21-20-12-16-9-4-3-5-10-16/h3-12,15H,13H2,1-2H3/b20-12-,21-19-/t15-/m0/s1. The minimum atomic E-state index is -0.125. The third-order valence-corrected chi connectivity index (χ3v) is 4.93. The number of benzene rings is 2. The van der Waals surface area contributed by atoms with E-state index in [1.165, 1.54) is 17.3 Å². The van der Waals surface area contributed by atoms with E-state index < -0.39 is 0 Å². The van der Waals surface area contributed by atoms with E-state index in [4.69, 9.17) is 0 Å². The predicted molar refractivity (Wildman–Crippen MR) is 100 cm³/mol. The van der Waals surface area contributed by atoms with Crippen molar-refractivity contribution in [2.75, 3.05) is 0 Å². The molecule has 1 saturated heterocycles. The smallest absolute Gasteiger partial charge is 0.242 e. The van der Waals surface area contributed by atoms with Crippen molar-refractivity contribution in [1.29, 1.82) is 0 Å². The highest BCUT2D eigenvalue weighted by Crippen LogP contribution is 2.29. The van der Waals surface area contributed by atoms with Crippen LogP contribution < -0.4 is 0 Å². The topological polar surface area (TPSA) is 45.0 Å². The summed E-state index contributed by atoms with van der Waals surface area (Å²) in [4.78, 5) is 14.2. The van der Waals surface area contributed by atoms with Crippen LogP contribution >= 0.6 is 11.8 Å². The summed E-state index contributed by atoms with van der Waals surface area (Å²) in [5, 5.41) is 8.97. The summed E-state index contributed by atoms with van der Waals surface area (Å²) in [5.74, 6) is 0.0805. The number of hydrogen-bond donors (Lipinski definition) is 0. The van der Waals surface area contributed by atoms with Crippen molar-refractivity contribution in [2.24, 2.45) is 10.2 Å². The lowest BCUT2D eigenvalue weighted by Gasteiger charge is -2.16. The normalized spacial score (nSPS) is 19.6. The second kappa shape index (κ2) is 7.45. The summed E-state index contributed by atoms with van der Waals surface area (Å²) in [6.45, 7) is 4.49. The van der Waals surface area contributed by atoms with Crippen molar-refractivity contribution in [1.82, 2.24) is 4.90 Å². The number of hydrogen-bond acceptors (Lipinski definition) is 4. The van der Waals surface area contributed by atoms with Crippen LogP contribution in [0, 0.1) is 6.92 Å². The van der Waals surface area contributed by atoms with Gasteiger partial charge in [0.15, 0.2) is 5.17 Å². The quantitative estimate of drug-likeness (QED) is 0.628. The molecule has 122 valence electrons. The number of amides is 1. The fourth-order valence-corrected chi connectivity index (χ4v) is 3.37. The summed E-state index contributed by atoms with van der Waals surface area (Å²) in [7, 11) is 0. The number of carbonyl (C=O) groups is 1. The first-order chi connectivity index (χ1) is 11.6. The molecule has 3 rings (SSSR count).